The molecule has 0 saturated heterocycles. The second kappa shape index (κ2) is 14.6. The Balaban J connectivity index is 2.55. The van der Waals surface area contributed by atoms with Gasteiger partial charge in [-0.15, -0.1) is 6.42 Å². The molecule has 0 spiro atoms. The summed E-state index contributed by atoms with van der Waals surface area (Å²) in [5, 5.41) is 15.2. The van der Waals surface area contributed by atoms with Gasteiger partial charge in [0.05, 0.1) is 13.7 Å². The van der Waals surface area contributed by atoms with Gasteiger partial charge >= 0.3 is 6.09 Å². The fraction of sp³-hybridized carbons (Fsp3) is 0.379. The van der Waals surface area contributed by atoms with Gasteiger partial charge in [0.1, 0.15) is 23.4 Å². The number of hydrogen-bond acceptors (Lipinski definition) is 7. The summed E-state index contributed by atoms with van der Waals surface area (Å²) in [6, 6.07) is 10.5. The first-order valence-electron chi connectivity index (χ1n) is 12.6. The van der Waals surface area contributed by atoms with Crippen molar-refractivity contribution in [2.45, 2.75) is 51.3 Å². The Kier molecular flexibility index (Phi) is 11.5. The Labute approximate surface area is 234 Å². The molecule has 11 heteroatoms. The highest BCUT2D eigenvalue weighted by molar-refractivity contribution is 5.99. The maximum atomic E-state index is 13.9. The number of primary amides is 1. The molecule has 0 aromatic heterocycles. The SMILES string of the molecule is C#Cc1ccccc1C(C(=O)Nc1ccc(OC)cc1)N(CCO)C(=O)C(CCC(N)=O)NC(=O)OC(C)(C)C. The number of rotatable bonds is 12. The third-order valence-electron chi connectivity index (χ3n) is 5.62. The van der Waals surface area contributed by atoms with Crippen LogP contribution in [0.25, 0.3) is 0 Å². The monoisotopic (exact) mass is 552 g/mol. The minimum atomic E-state index is -1.31. The van der Waals surface area contributed by atoms with Crippen molar-refractivity contribution in [1.29, 1.82) is 0 Å². The number of amides is 4. The zero-order valence-corrected chi connectivity index (χ0v) is 23.1. The molecule has 0 heterocycles. The molecule has 2 rings (SSSR count). The average Bonchev–Trinajstić information content (AvgIpc) is 2.90. The van der Waals surface area contributed by atoms with Gasteiger partial charge in [-0.3, -0.25) is 14.4 Å². The zero-order valence-electron chi connectivity index (χ0n) is 23.1. The summed E-state index contributed by atoms with van der Waals surface area (Å²) in [4.78, 5) is 53.0. The maximum absolute atomic E-state index is 13.9. The van der Waals surface area contributed by atoms with Crippen LogP contribution in [-0.4, -0.2) is 65.7 Å². The molecule has 0 saturated carbocycles. The highest BCUT2D eigenvalue weighted by atomic mass is 16.6. The third kappa shape index (κ3) is 9.32. The lowest BCUT2D eigenvalue weighted by atomic mass is 9.97. The van der Waals surface area contributed by atoms with Crippen molar-refractivity contribution in [3.05, 3.63) is 59.7 Å². The van der Waals surface area contributed by atoms with E-state index in [4.69, 9.17) is 21.6 Å². The quantitative estimate of drug-likeness (QED) is 0.294. The number of methoxy groups -OCH3 is 1. The Hall–Kier alpha value is -4.56. The molecule has 2 unspecified atom stereocenters. The van der Waals surface area contributed by atoms with Crippen LogP contribution in [0.4, 0.5) is 10.5 Å². The highest BCUT2D eigenvalue weighted by Gasteiger charge is 2.37. The van der Waals surface area contributed by atoms with E-state index in [-0.39, 0.29) is 19.4 Å². The van der Waals surface area contributed by atoms with Crippen LogP contribution < -0.4 is 21.1 Å². The van der Waals surface area contributed by atoms with Gasteiger partial charge in [0, 0.05) is 24.2 Å². The number of carbonyl (C=O) groups is 4. The summed E-state index contributed by atoms with van der Waals surface area (Å²) in [6.45, 7) is 4.16. The minimum absolute atomic E-state index is 0.168. The lowest BCUT2D eigenvalue weighted by Crippen LogP contribution is -2.53. The van der Waals surface area contributed by atoms with E-state index in [1.165, 1.54) is 7.11 Å². The number of nitrogens with two attached hydrogens (primary N) is 1. The number of benzene rings is 2. The molecule has 2 aromatic rings. The van der Waals surface area contributed by atoms with Gasteiger partial charge in [-0.05, 0) is 63.1 Å². The van der Waals surface area contributed by atoms with Crippen LogP contribution in [0.5, 0.6) is 5.75 Å². The van der Waals surface area contributed by atoms with E-state index in [1.54, 1.807) is 69.3 Å². The Morgan fingerprint density at radius 2 is 1.75 bits per heavy atom. The smallest absolute Gasteiger partial charge is 0.408 e. The number of aliphatic hydroxyl groups excluding tert-OH is 1. The van der Waals surface area contributed by atoms with E-state index in [0.29, 0.717) is 22.6 Å². The largest absolute Gasteiger partial charge is 0.497 e. The first kappa shape index (κ1) is 31.7. The summed E-state index contributed by atoms with van der Waals surface area (Å²) in [5.74, 6) is 1.04. The lowest BCUT2D eigenvalue weighted by molar-refractivity contribution is -0.141. The number of nitrogens with zero attached hydrogens (tertiary/aromatic N) is 1. The van der Waals surface area contributed by atoms with Crippen LogP contribution >= 0.6 is 0 Å². The number of terminal acetylenes is 1. The fourth-order valence-corrected chi connectivity index (χ4v) is 3.87. The molecule has 214 valence electrons. The van der Waals surface area contributed by atoms with Crippen molar-refractivity contribution >= 4 is 29.5 Å². The van der Waals surface area contributed by atoms with Crippen molar-refractivity contribution in [2.75, 3.05) is 25.6 Å². The average molecular weight is 553 g/mol. The van der Waals surface area contributed by atoms with Crippen molar-refractivity contribution < 1.29 is 33.8 Å². The van der Waals surface area contributed by atoms with Gasteiger partial charge in [-0.25, -0.2) is 4.79 Å². The second-order valence-corrected chi connectivity index (χ2v) is 9.81. The molecule has 5 N–H and O–H groups in total. The molecular formula is C29H36N4O7. The van der Waals surface area contributed by atoms with E-state index in [0.717, 1.165) is 4.90 Å². The van der Waals surface area contributed by atoms with Crippen molar-refractivity contribution in [3.63, 3.8) is 0 Å². The molecule has 0 fully saturated rings. The molecule has 0 aliphatic heterocycles. The summed E-state index contributed by atoms with van der Waals surface area (Å²) in [6.07, 6.45) is 4.41. The van der Waals surface area contributed by atoms with Crippen LogP contribution in [0.3, 0.4) is 0 Å². The molecule has 0 aliphatic rings. The minimum Gasteiger partial charge on any atom is -0.497 e. The van der Waals surface area contributed by atoms with Gasteiger partial charge < -0.3 is 35.8 Å². The summed E-state index contributed by atoms with van der Waals surface area (Å²) in [7, 11) is 1.51. The van der Waals surface area contributed by atoms with Crippen LogP contribution in [0.15, 0.2) is 48.5 Å². The molecule has 11 nitrogen and oxygen atoms in total. The molecule has 0 aliphatic carbocycles. The molecule has 2 atom stereocenters. The standard InChI is InChI=1S/C29H36N4O7/c1-6-19-9-7-8-10-22(19)25(26(36)31-20-11-13-21(39-5)14-12-20)33(17-18-34)27(37)23(15-16-24(30)35)32-28(38)40-29(2,3)4/h1,7-14,23,25,34H,15-18H2,2-5H3,(H2,30,35)(H,31,36)(H,32,38). The molecule has 4 amide bonds. The number of alkyl carbamates (subject to hydrolysis) is 1. The zero-order chi connectivity index (χ0) is 29.9. The van der Waals surface area contributed by atoms with Gasteiger partial charge in [-0.1, -0.05) is 24.1 Å². The molecule has 0 radical (unpaired) electrons. The van der Waals surface area contributed by atoms with Crippen molar-refractivity contribution in [3.8, 4) is 18.1 Å². The van der Waals surface area contributed by atoms with Crippen LogP contribution in [0.1, 0.15) is 50.8 Å². The highest BCUT2D eigenvalue weighted by Crippen LogP contribution is 2.28. The normalized spacial score (nSPS) is 12.3. The second-order valence-electron chi connectivity index (χ2n) is 9.81. The van der Waals surface area contributed by atoms with E-state index in [2.05, 4.69) is 16.6 Å². The predicted octanol–water partition coefficient (Wildman–Crippen LogP) is 2.34. The lowest BCUT2D eigenvalue weighted by Gasteiger charge is -2.34. The van der Waals surface area contributed by atoms with Gasteiger partial charge in [0.15, 0.2) is 0 Å². The Morgan fingerprint density at radius 3 is 2.30 bits per heavy atom. The van der Waals surface area contributed by atoms with Gasteiger partial charge in [0.2, 0.25) is 11.8 Å². The fourth-order valence-electron chi connectivity index (χ4n) is 3.87. The van der Waals surface area contributed by atoms with Crippen molar-refractivity contribution in [1.82, 2.24) is 10.2 Å². The first-order chi connectivity index (χ1) is 18.9. The molecule has 40 heavy (non-hydrogen) atoms. The van der Waals surface area contributed by atoms with Crippen molar-refractivity contribution in [2.24, 2.45) is 5.73 Å². The topological polar surface area (TPSA) is 160 Å². The predicted molar refractivity (Wildman–Crippen MR) is 149 cm³/mol. The first-order valence-corrected chi connectivity index (χ1v) is 12.6. The summed E-state index contributed by atoms with van der Waals surface area (Å²) in [5.41, 5.74) is 5.54. The van der Waals surface area contributed by atoms with E-state index < -0.39 is 48.1 Å². The number of nitrogens with one attached hydrogen (secondary N) is 2. The third-order valence-corrected chi connectivity index (χ3v) is 5.62. The van der Waals surface area contributed by atoms with E-state index in [9.17, 15) is 24.3 Å². The molecular weight excluding hydrogens is 516 g/mol. The molecule has 2 aromatic carbocycles. The maximum Gasteiger partial charge on any atom is 0.408 e. The Bertz CT molecular complexity index is 1230. The number of carbonyl (C=O) groups excluding carboxylic acids is 4. The molecule has 0 bridgehead atoms. The van der Waals surface area contributed by atoms with Crippen LogP contribution in [-0.2, 0) is 19.1 Å². The van der Waals surface area contributed by atoms with E-state index in [1.807, 2.05) is 0 Å². The van der Waals surface area contributed by atoms with Crippen LogP contribution in [0, 0.1) is 12.3 Å². The summed E-state index contributed by atoms with van der Waals surface area (Å²) < 4.78 is 10.4. The van der Waals surface area contributed by atoms with Gasteiger partial charge in [-0.2, -0.15) is 0 Å². The van der Waals surface area contributed by atoms with Crippen LogP contribution in [0.2, 0.25) is 0 Å². The number of ether oxygens (including phenoxy) is 2. The van der Waals surface area contributed by atoms with E-state index >= 15 is 0 Å². The van der Waals surface area contributed by atoms with Gasteiger partial charge in [0.25, 0.3) is 5.91 Å². The number of anilines is 1. The Morgan fingerprint density at radius 1 is 1.10 bits per heavy atom. The summed E-state index contributed by atoms with van der Waals surface area (Å²) >= 11 is 0. The number of aliphatic hydroxyl groups is 1. The number of hydrogen-bond donors (Lipinski definition) is 4.